The minimum Gasteiger partial charge on any atom is -0.382 e. The Morgan fingerprint density at radius 3 is 2.07 bits per heavy atom. The molecule has 1 aliphatic rings. The summed E-state index contributed by atoms with van der Waals surface area (Å²) >= 11 is 0. The molecule has 2 atom stereocenters. The number of nitrogens with one attached hydrogen (secondary N) is 2. The third-order valence-electron chi connectivity index (χ3n) is 5.21. The number of rotatable bonds is 8. The SMILES string of the molecule is CC(C)NC1CCC(C(=O)C(C)C)C1.CC(C)Nc1cc(C(=O)C(C)C)n(C)c1. The summed E-state index contributed by atoms with van der Waals surface area (Å²) in [6.45, 7) is 16.3. The summed E-state index contributed by atoms with van der Waals surface area (Å²) in [6.07, 6.45) is 5.26. The Balaban J connectivity index is 0.000000291. The van der Waals surface area contributed by atoms with Gasteiger partial charge in [-0.3, -0.25) is 9.59 Å². The quantitative estimate of drug-likeness (QED) is 0.593. The number of nitrogens with zero attached hydrogens (tertiary/aromatic N) is 1. The van der Waals surface area contributed by atoms with Crippen molar-refractivity contribution in [2.75, 3.05) is 5.32 Å². The van der Waals surface area contributed by atoms with Crippen LogP contribution in [0.2, 0.25) is 0 Å². The molecule has 29 heavy (non-hydrogen) atoms. The number of carbonyl (C=O) groups is 2. The molecule has 0 saturated heterocycles. The van der Waals surface area contributed by atoms with Gasteiger partial charge in [0.15, 0.2) is 5.78 Å². The van der Waals surface area contributed by atoms with Crippen molar-refractivity contribution in [3.8, 4) is 0 Å². The first-order valence-corrected chi connectivity index (χ1v) is 11.2. The smallest absolute Gasteiger partial charge is 0.181 e. The van der Waals surface area contributed by atoms with E-state index in [1.807, 2.05) is 51.6 Å². The molecule has 0 aromatic carbocycles. The molecule has 0 bridgehead atoms. The fourth-order valence-electron chi connectivity index (χ4n) is 3.85. The first-order valence-electron chi connectivity index (χ1n) is 11.2. The lowest BCUT2D eigenvalue weighted by Gasteiger charge is -2.16. The third-order valence-corrected chi connectivity index (χ3v) is 5.21. The topological polar surface area (TPSA) is 63.1 Å². The molecule has 1 fully saturated rings. The van der Waals surface area contributed by atoms with Gasteiger partial charge >= 0.3 is 0 Å². The zero-order valence-electron chi connectivity index (χ0n) is 20.0. The molecule has 0 radical (unpaired) electrons. The highest BCUT2D eigenvalue weighted by Crippen LogP contribution is 2.28. The van der Waals surface area contributed by atoms with Crippen LogP contribution in [0.5, 0.6) is 0 Å². The predicted molar refractivity (Wildman–Crippen MR) is 123 cm³/mol. The molecule has 1 aromatic rings. The van der Waals surface area contributed by atoms with Crippen LogP contribution in [-0.2, 0) is 11.8 Å². The number of hydrogen-bond acceptors (Lipinski definition) is 4. The maximum atomic E-state index is 11.8. The monoisotopic (exact) mass is 405 g/mol. The maximum absolute atomic E-state index is 11.8. The minimum atomic E-state index is 0.0468. The van der Waals surface area contributed by atoms with Gasteiger partial charge in [-0.2, -0.15) is 0 Å². The summed E-state index contributed by atoms with van der Waals surface area (Å²) in [5.41, 5.74) is 1.78. The number of aromatic nitrogens is 1. The van der Waals surface area contributed by atoms with Crippen LogP contribution in [-0.4, -0.2) is 34.3 Å². The molecule has 0 aliphatic heterocycles. The molecule has 2 unspecified atom stereocenters. The van der Waals surface area contributed by atoms with Crippen molar-refractivity contribution in [2.45, 2.75) is 92.8 Å². The normalized spacial score (nSPS) is 19.1. The van der Waals surface area contributed by atoms with Crippen LogP contribution < -0.4 is 10.6 Å². The second kappa shape index (κ2) is 11.5. The summed E-state index contributed by atoms with van der Waals surface area (Å²) < 4.78 is 1.88. The van der Waals surface area contributed by atoms with Crippen LogP contribution in [0.1, 0.15) is 85.1 Å². The van der Waals surface area contributed by atoms with Crippen LogP contribution in [0.3, 0.4) is 0 Å². The molecule has 1 aromatic heterocycles. The molecular weight excluding hydrogens is 362 g/mol. The molecule has 1 heterocycles. The van der Waals surface area contributed by atoms with E-state index in [1.165, 1.54) is 6.42 Å². The lowest BCUT2D eigenvalue weighted by molar-refractivity contribution is -0.125. The largest absolute Gasteiger partial charge is 0.382 e. The molecule has 2 rings (SSSR count). The Kier molecular flexibility index (Phi) is 10.1. The van der Waals surface area contributed by atoms with Crippen LogP contribution in [0.25, 0.3) is 0 Å². The van der Waals surface area contributed by atoms with Gasteiger partial charge in [0.05, 0.1) is 11.4 Å². The van der Waals surface area contributed by atoms with Gasteiger partial charge in [0.1, 0.15) is 5.78 Å². The lowest BCUT2D eigenvalue weighted by atomic mass is 9.94. The van der Waals surface area contributed by atoms with Gasteiger partial charge in [-0.05, 0) is 39.2 Å². The van der Waals surface area contributed by atoms with Crippen LogP contribution >= 0.6 is 0 Å². The van der Waals surface area contributed by atoms with Crippen LogP contribution in [0.15, 0.2) is 12.3 Å². The van der Waals surface area contributed by atoms with E-state index in [9.17, 15) is 9.59 Å². The van der Waals surface area contributed by atoms with Gasteiger partial charge in [0, 0.05) is 49.1 Å². The van der Waals surface area contributed by atoms with E-state index in [-0.39, 0.29) is 17.6 Å². The predicted octanol–water partition coefficient (Wildman–Crippen LogP) is 5.06. The lowest BCUT2D eigenvalue weighted by Crippen LogP contribution is -2.33. The minimum absolute atomic E-state index is 0.0468. The Bertz CT molecular complexity index is 659. The Hall–Kier alpha value is -1.62. The van der Waals surface area contributed by atoms with E-state index in [1.54, 1.807) is 0 Å². The summed E-state index contributed by atoms with van der Waals surface area (Å²) in [6, 6.07) is 3.41. The first kappa shape index (κ1) is 25.4. The molecule has 5 nitrogen and oxygen atoms in total. The zero-order chi connectivity index (χ0) is 22.3. The highest BCUT2D eigenvalue weighted by molar-refractivity contribution is 5.97. The average Bonchev–Trinajstić information content (AvgIpc) is 3.19. The molecule has 0 amide bonds. The van der Waals surface area contributed by atoms with E-state index in [0.717, 1.165) is 24.2 Å². The number of ketones is 2. The number of hydrogen-bond donors (Lipinski definition) is 2. The van der Waals surface area contributed by atoms with Gasteiger partial charge in [0.25, 0.3) is 0 Å². The van der Waals surface area contributed by atoms with E-state index < -0.39 is 0 Å². The average molecular weight is 406 g/mol. The fraction of sp³-hybridized carbons (Fsp3) is 0.750. The van der Waals surface area contributed by atoms with Crippen LogP contribution in [0, 0.1) is 17.8 Å². The molecule has 5 heteroatoms. The summed E-state index contributed by atoms with van der Waals surface area (Å²) in [5, 5.41) is 6.80. The second-order valence-electron chi connectivity index (χ2n) is 9.63. The van der Waals surface area contributed by atoms with E-state index in [0.29, 0.717) is 29.8 Å². The standard InChI is InChI=1S/C12H20N2O.C12H23NO/c1-8(2)12(15)11-6-10(7-14(11)5)13-9(3)4;1-8(2)12(14)10-5-6-11(7-10)13-9(3)4/h6-9,13H,1-5H3;8-11,13H,5-7H2,1-4H3. The van der Waals surface area contributed by atoms with Crippen LogP contribution in [0.4, 0.5) is 5.69 Å². The molecule has 0 spiro atoms. The Morgan fingerprint density at radius 2 is 1.59 bits per heavy atom. The van der Waals surface area contributed by atoms with Gasteiger partial charge in [-0.25, -0.2) is 0 Å². The fourth-order valence-corrected chi connectivity index (χ4v) is 3.85. The van der Waals surface area contributed by atoms with Crippen molar-refractivity contribution >= 4 is 17.3 Å². The molecule has 166 valence electrons. The first-order chi connectivity index (χ1) is 13.4. The van der Waals surface area contributed by atoms with Crippen molar-refractivity contribution in [3.63, 3.8) is 0 Å². The summed E-state index contributed by atoms with van der Waals surface area (Å²) in [7, 11) is 1.90. The van der Waals surface area contributed by atoms with E-state index in [2.05, 4.69) is 38.3 Å². The number of carbonyl (C=O) groups excluding carboxylic acids is 2. The van der Waals surface area contributed by atoms with Gasteiger partial charge in [-0.1, -0.05) is 41.5 Å². The molecule has 1 aliphatic carbocycles. The van der Waals surface area contributed by atoms with Crippen molar-refractivity contribution in [1.82, 2.24) is 9.88 Å². The van der Waals surface area contributed by atoms with E-state index >= 15 is 0 Å². The highest BCUT2D eigenvalue weighted by Gasteiger charge is 2.30. The second-order valence-corrected chi connectivity index (χ2v) is 9.63. The number of anilines is 1. The van der Waals surface area contributed by atoms with Crippen molar-refractivity contribution < 1.29 is 9.59 Å². The molecular formula is C24H43N3O2. The number of aryl methyl sites for hydroxylation is 1. The molecule has 2 N–H and O–H groups in total. The Labute approximate surface area is 178 Å². The van der Waals surface area contributed by atoms with Crippen molar-refractivity contribution in [3.05, 3.63) is 18.0 Å². The molecule has 1 saturated carbocycles. The van der Waals surface area contributed by atoms with Crippen molar-refractivity contribution in [1.29, 1.82) is 0 Å². The summed E-state index contributed by atoms with van der Waals surface area (Å²) in [4.78, 5) is 23.6. The van der Waals surface area contributed by atoms with Gasteiger partial charge < -0.3 is 15.2 Å². The van der Waals surface area contributed by atoms with Gasteiger partial charge in [-0.15, -0.1) is 0 Å². The Morgan fingerprint density at radius 1 is 0.966 bits per heavy atom. The highest BCUT2D eigenvalue weighted by atomic mass is 16.1. The zero-order valence-corrected chi connectivity index (χ0v) is 20.0. The summed E-state index contributed by atoms with van der Waals surface area (Å²) in [5.74, 6) is 1.22. The maximum Gasteiger partial charge on any atom is 0.181 e. The van der Waals surface area contributed by atoms with E-state index in [4.69, 9.17) is 0 Å². The third kappa shape index (κ3) is 8.33. The number of Topliss-reactive ketones (excluding diaryl/α,β-unsaturated/α-hetero) is 2. The van der Waals surface area contributed by atoms with Crippen molar-refractivity contribution in [2.24, 2.45) is 24.8 Å². The van der Waals surface area contributed by atoms with Gasteiger partial charge in [0.2, 0.25) is 0 Å².